The maximum Gasteiger partial charge on any atom is 0.323 e. The number of carbonyl (C=O) groups is 3. The molecule has 0 spiro atoms. The summed E-state index contributed by atoms with van der Waals surface area (Å²) in [7, 11) is 0. The molecule has 0 aliphatic heterocycles. The quantitative estimate of drug-likeness (QED) is 0.318. The summed E-state index contributed by atoms with van der Waals surface area (Å²) >= 11 is 0. The summed E-state index contributed by atoms with van der Waals surface area (Å²) in [5.74, 6) is -3.10. The van der Waals surface area contributed by atoms with Crippen LogP contribution < -0.4 is 17.2 Å². The second-order valence-electron chi connectivity index (χ2n) is 5.37. The van der Waals surface area contributed by atoms with Gasteiger partial charge in [0.2, 0.25) is 0 Å². The van der Waals surface area contributed by atoms with Gasteiger partial charge in [-0.15, -0.1) is 0 Å². The molecular formula is C16H27N3O7. The van der Waals surface area contributed by atoms with Gasteiger partial charge in [-0.05, 0) is 25.8 Å². The van der Waals surface area contributed by atoms with Gasteiger partial charge in [0, 0.05) is 0 Å². The topological polar surface area (TPSA) is 210 Å². The molecule has 0 saturated heterocycles. The fourth-order valence-electron chi connectivity index (χ4n) is 1.16. The van der Waals surface area contributed by atoms with Gasteiger partial charge in [-0.3, -0.25) is 14.4 Å². The molecule has 0 fully saturated rings. The van der Waals surface area contributed by atoms with Crippen molar-refractivity contribution in [2.75, 3.05) is 0 Å². The molecular weight excluding hydrogens is 346 g/mol. The van der Waals surface area contributed by atoms with Crippen LogP contribution in [-0.4, -0.2) is 62.6 Å². The molecule has 0 amide bonds. The fraction of sp³-hybridized carbons (Fsp3) is 0.438. The van der Waals surface area contributed by atoms with Gasteiger partial charge in [0.1, 0.15) is 18.1 Å². The fourth-order valence-corrected chi connectivity index (χ4v) is 1.16. The number of nitrogens with two attached hydrogens (primary N) is 3. The Morgan fingerprint density at radius 3 is 1.54 bits per heavy atom. The van der Waals surface area contributed by atoms with E-state index in [2.05, 4.69) is 0 Å². The zero-order chi connectivity index (χ0) is 20.9. The van der Waals surface area contributed by atoms with E-state index in [0.29, 0.717) is 6.42 Å². The van der Waals surface area contributed by atoms with Crippen LogP contribution in [-0.2, 0) is 20.8 Å². The summed E-state index contributed by atoms with van der Waals surface area (Å²) in [5, 5.41) is 32.9. The van der Waals surface area contributed by atoms with Crippen LogP contribution in [0.25, 0.3) is 0 Å². The van der Waals surface area contributed by atoms with Crippen molar-refractivity contribution >= 4 is 17.9 Å². The minimum atomic E-state index is -1.18. The summed E-state index contributed by atoms with van der Waals surface area (Å²) in [5.41, 5.74) is 16.0. The number of carboxylic acid groups (broad SMARTS) is 3. The van der Waals surface area contributed by atoms with Crippen molar-refractivity contribution in [3.05, 3.63) is 35.9 Å². The summed E-state index contributed by atoms with van der Waals surface area (Å²) in [6, 6.07) is 6.65. The standard InChI is InChI=1S/C9H11NO2.C4H9NO3.C3H7NO2/c10-8(9(11)12)6-7-4-2-1-3-5-7;1-2(6)3(5)4(7)8;1-2(4)3(5)6/h1-5,8H,6,10H2,(H,11,12);2-3,6H,5H2,1H3,(H,7,8);2H,4H2,1H3,(H,5,6)/t8-;2-,3+;2-/m010/s1. The molecule has 10 nitrogen and oxygen atoms in total. The van der Waals surface area contributed by atoms with Crippen molar-refractivity contribution < 1.29 is 34.8 Å². The van der Waals surface area contributed by atoms with Crippen molar-refractivity contribution in [2.45, 2.75) is 44.5 Å². The Morgan fingerprint density at radius 2 is 1.31 bits per heavy atom. The molecule has 0 unspecified atom stereocenters. The Bertz CT molecular complexity index is 550. The maximum atomic E-state index is 10.4. The van der Waals surface area contributed by atoms with Gasteiger partial charge in [-0.2, -0.15) is 0 Å². The lowest BCUT2D eigenvalue weighted by atomic mass is 10.1. The molecule has 0 bridgehead atoms. The summed E-state index contributed by atoms with van der Waals surface area (Å²) < 4.78 is 0. The molecule has 0 radical (unpaired) electrons. The van der Waals surface area contributed by atoms with Crippen LogP contribution in [0.1, 0.15) is 19.4 Å². The summed E-state index contributed by atoms with van der Waals surface area (Å²) in [4.78, 5) is 29.8. The predicted molar refractivity (Wildman–Crippen MR) is 94.3 cm³/mol. The van der Waals surface area contributed by atoms with E-state index in [-0.39, 0.29) is 0 Å². The number of carboxylic acids is 3. The molecule has 148 valence electrons. The first kappa shape index (κ1) is 25.7. The highest BCUT2D eigenvalue weighted by Crippen LogP contribution is 2.01. The van der Waals surface area contributed by atoms with E-state index in [0.717, 1.165) is 5.56 Å². The van der Waals surface area contributed by atoms with Gasteiger partial charge < -0.3 is 37.6 Å². The van der Waals surface area contributed by atoms with Crippen LogP contribution in [0, 0.1) is 0 Å². The molecule has 0 aromatic heterocycles. The first-order chi connectivity index (χ1) is 11.9. The van der Waals surface area contributed by atoms with Crippen molar-refractivity contribution in [2.24, 2.45) is 17.2 Å². The molecule has 0 heterocycles. The number of hydrogen-bond acceptors (Lipinski definition) is 7. The second kappa shape index (κ2) is 13.7. The summed E-state index contributed by atoms with van der Waals surface area (Å²) in [6.45, 7) is 2.75. The van der Waals surface area contributed by atoms with Gasteiger partial charge in [0.05, 0.1) is 6.10 Å². The zero-order valence-electron chi connectivity index (χ0n) is 14.6. The molecule has 10 heteroatoms. The number of benzene rings is 1. The smallest absolute Gasteiger partial charge is 0.323 e. The van der Waals surface area contributed by atoms with E-state index in [9.17, 15) is 14.4 Å². The molecule has 1 aromatic carbocycles. The van der Waals surface area contributed by atoms with Crippen LogP contribution >= 0.6 is 0 Å². The van der Waals surface area contributed by atoms with Crippen molar-refractivity contribution in [1.29, 1.82) is 0 Å². The molecule has 26 heavy (non-hydrogen) atoms. The third kappa shape index (κ3) is 13.9. The first-order valence-corrected chi connectivity index (χ1v) is 7.57. The molecule has 1 rings (SSSR count). The Kier molecular flexibility index (Phi) is 13.6. The number of aliphatic carboxylic acids is 3. The van der Waals surface area contributed by atoms with Crippen LogP contribution in [0.2, 0.25) is 0 Å². The Morgan fingerprint density at radius 1 is 0.885 bits per heavy atom. The Balaban J connectivity index is 0. The van der Waals surface area contributed by atoms with Crippen LogP contribution in [0.3, 0.4) is 0 Å². The minimum Gasteiger partial charge on any atom is -0.480 e. The third-order valence-electron chi connectivity index (χ3n) is 2.81. The molecule has 10 N–H and O–H groups in total. The van der Waals surface area contributed by atoms with Gasteiger partial charge in [-0.25, -0.2) is 0 Å². The number of hydrogen-bond donors (Lipinski definition) is 7. The van der Waals surface area contributed by atoms with Gasteiger partial charge in [0.15, 0.2) is 0 Å². The monoisotopic (exact) mass is 373 g/mol. The SMILES string of the molecule is C[C@@H](O)[C@H](N)C(=O)O.C[C@H](N)C(=O)O.N[C@@H](Cc1ccccc1)C(=O)O. The zero-order valence-corrected chi connectivity index (χ0v) is 14.6. The van der Waals surface area contributed by atoms with Crippen LogP contribution in [0.5, 0.6) is 0 Å². The minimum absolute atomic E-state index is 0.385. The maximum absolute atomic E-state index is 10.4. The third-order valence-corrected chi connectivity index (χ3v) is 2.81. The Hall–Kier alpha value is -2.53. The lowest BCUT2D eigenvalue weighted by molar-refractivity contribution is -0.141. The molecule has 0 aliphatic carbocycles. The highest BCUT2D eigenvalue weighted by atomic mass is 16.4. The molecule has 1 aromatic rings. The van der Waals surface area contributed by atoms with Crippen molar-refractivity contribution in [3.63, 3.8) is 0 Å². The lowest BCUT2D eigenvalue weighted by Gasteiger charge is -2.06. The van der Waals surface area contributed by atoms with Crippen LogP contribution in [0.15, 0.2) is 30.3 Å². The predicted octanol–water partition coefficient (Wildman–Crippen LogP) is -1.16. The van der Waals surface area contributed by atoms with Crippen molar-refractivity contribution in [3.8, 4) is 0 Å². The van der Waals surface area contributed by atoms with E-state index in [1.54, 1.807) is 0 Å². The van der Waals surface area contributed by atoms with E-state index < -0.39 is 42.1 Å². The largest absolute Gasteiger partial charge is 0.480 e. The number of rotatable bonds is 6. The van der Waals surface area contributed by atoms with Gasteiger partial charge in [-0.1, -0.05) is 30.3 Å². The van der Waals surface area contributed by atoms with E-state index in [4.69, 9.17) is 37.6 Å². The van der Waals surface area contributed by atoms with Gasteiger partial charge >= 0.3 is 17.9 Å². The summed E-state index contributed by atoms with van der Waals surface area (Å²) in [6.07, 6.45) is -0.594. The first-order valence-electron chi connectivity index (χ1n) is 7.57. The average Bonchev–Trinajstić information content (AvgIpc) is 2.55. The number of aliphatic hydroxyl groups is 1. The van der Waals surface area contributed by atoms with Crippen LogP contribution in [0.4, 0.5) is 0 Å². The Labute approximate surface area is 151 Å². The molecule has 4 atom stereocenters. The second-order valence-corrected chi connectivity index (χ2v) is 5.37. The molecule has 0 saturated carbocycles. The highest BCUT2D eigenvalue weighted by molar-refractivity contribution is 5.74. The highest BCUT2D eigenvalue weighted by Gasteiger charge is 2.16. The van der Waals surface area contributed by atoms with Gasteiger partial charge in [0.25, 0.3) is 0 Å². The lowest BCUT2D eigenvalue weighted by Crippen LogP contribution is -2.39. The van der Waals surface area contributed by atoms with E-state index in [1.165, 1.54) is 13.8 Å². The van der Waals surface area contributed by atoms with E-state index >= 15 is 0 Å². The number of aliphatic hydroxyl groups excluding tert-OH is 1. The van der Waals surface area contributed by atoms with Crippen molar-refractivity contribution in [1.82, 2.24) is 0 Å². The van der Waals surface area contributed by atoms with E-state index in [1.807, 2.05) is 30.3 Å². The average molecular weight is 373 g/mol. The normalized spacial score (nSPS) is 14.2. The molecule has 0 aliphatic rings.